The lowest BCUT2D eigenvalue weighted by Gasteiger charge is -2.52. The average molecular weight is 440 g/mol. The number of nitrogens with one attached hydrogen (secondary N) is 2. The smallest absolute Gasteiger partial charge is 0.217 e. The zero-order valence-electron chi connectivity index (χ0n) is 20.2. The van der Waals surface area contributed by atoms with Gasteiger partial charge in [0.2, 0.25) is 5.91 Å². The number of aromatic amines is 1. The van der Waals surface area contributed by atoms with Gasteiger partial charge in [0.05, 0.1) is 25.0 Å². The number of ether oxygens (including phenoxy) is 2. The molecular weight excluding hydrogens is 402 g/mol. The molecule has 5 atom stereocenters. The number of aryl methyl sites for hydroxylation is 2. The summed E-state index contributed by atoms with van der Waals surface area (Å²) in [6.45, 7) is 10.2. The number of fused-ring (bicyclic) bond motifs is 1. The number of methoxy groups -OCH3 is 1. The van der Waals surface area contributed by atoms with Crippen LogP contribution in [0.3, 0.4) is 0 Å². The number of rotatable bonds is 5. The summed E-state index contributed by atoms with van der Waals surface area (Å²) in [7, 11) is 1.71. The lowest BCUT2D eigenvalue weighted by atomic mass is 9.66. The summed E-state index contributed by atoms with van der Waals surface area (Å²) in [6.07, 6.45) is 4.98. The van der Waals surface area contributed by atoms with Crippen molar-refractivity contribution in [3.63, 3.8) is 0 Å². The van der Waals surface area contributed by atoms with E-state index in [1.807, 2.05) is 13.0 Å². The van der Waals surface area contributed by atoms with Crippen molar-refractivity contribution in [1.29, 1.82) is 0 Å². The van der Waals surface area contributed by atoms with Gasteiger partial charge < -0.3 is 14.8 Å². The van der Waals surface area contributed by atoms with E-state index in [1.165, 1.54) is 12.0 Å². The summed E-state index contributed by atoms with van der Waals surface area (Å²) in [6, 6.07) is 6.38. The van der Waals surface area contributed by atoms with E-state index >= 15 is 0 Å². The number of nitrogens with zero attached hydrogens (tertiary/aromatic N) is 1. The van der Waals surface area contributed by atoms with Crippen LogP contribution in [0.4, 0.5) is 0 Å². The lowest BCUT2D eigenvalue weighted by Crippen LogP contribution is -2.60. The number of aromatic nitrogens is 2. The summed E-state index contributed by atoms with van der Waals surface area (Å²) in [5.74, 6) is 1.91. The molecular formula is C26H37N3O3. The van der Waals surface area contributed by atoms with Crippen molar-refractivity contribution in [3.8, 4) is 5.75 Å². The van der Waals surface area contributed by atoms with E-state index < -0.39 is 0 Å². The quantitative estimate of drug-likeness (QED) is 0.702. The normalized spacial score (nSPS) is 29.9. The number of benzene rings is 1. The largest absolute Gasteiger partial charge is 0.496 e. The van der Waals surface area contributed by atoms with Crippen LogP contribution in [-0.4, -0.2) is 34.9 Å². The SMILES string of the molecule is COc1ccc([C@H]2C[C@@](C)(NC(C)=O)[C@@H]3CC[C@@H](C)C[C@H]3O2)cc1Cc1c(C)n[nH]c1C. The molecule has 32 heavy (non-hydrogen) atoms. The number of hydrogen-bond donors (Lipinski definition) is 2. The Labute approximate surface area is 191 Å². The second-order valence-corrected chi connectivity index (χ2v) is 10.2. The highest BCUT2D eigenvalue weighted by molar-refractivity contribution is 5.73. The van der Waals surface area contributed by atoms with Crippen molar-refractivity contribution in [1.82, 2.24) is 15.5 Å². The fourth-order valence-electron chi connectivity index (χ4n) is 5.91. The van der Waals surface area contributed by atoms with Crippen LogP contribution in [0, 0.1) is 25.7 Å². The van der Waals surface area contributed by atoms with Crippen LogP contribution in [0.2, 0.25) is 0 Å². The molecule has 2 aromatic rings. The Kier molecular flexibility index (Phi) is 6.35. The number of H-pyrrole nitrogens is 1. The monoisotopic (exact) mass is 439 g/mol. The molecule has 2 aliphatic rings. The summed E-state index contributed by atoms with van der Waals surface area (Å²) in [4.78, 5) is 12.1. The van der Waals surface area contributed by atoms with Crippen LogP contribution in [0.1, 0.15) is 80.6 Å². The minimum atomic E-state index is -0.266. The molecule has 174 valence electrons. The Balaban J connectivity index is 1.66. The van der Waals surface area contributed by atoms with Crippen LogP contribution in [0.15, 0.2) is 18.2 Å². The molecule has 1 aliphatic carbocycles. The van der Waals surface area contributed by atoms with E-state index in [-0.39, 0.29) is 23.7 Å². The van der Waals surface area contributed by atoms with Gasteiger partial charge in [0.15, 0.2) is 0 Å². The van der Waals surface area contributed by atoms with Crippen LogP contribution in [0.25, 0.3) is 0 Å². The Morgan fingerprint density at radius 1 is 1.34 bits per heavy atom. The Bertz CT molecular complexity index is 965. The maximum Gasteiger partial charge on any atom is 0.217 e. The van der Waals surface area contributed by atoms with Crippen molar-refractivity contribution < 1.29 is 14.3 Å². The number of amides is 1. The molecule has 0 unspecified atom stereocenters. The van der Waals surface area contributed by atoms with Crippen LogP contribution in [-0.2, 0) is 16.0 Å². The zero-order chi connectivity index (χ0) is 23.0. The van der Waals surface area contributed by atoms with Gasteiger partial charge in [0, 0.05) is 42.5 Å². The van der Waals surface area contributed by atoms with Crippen molar-refractivity contribution in [3.05, 3.63) is 46.3 Å². The van der Waals surface area contributed by atoms with Gasteiger partial charge in [-0.05, 0) is 62.8 Å². The van der Waals surface area contributed by atoms with Gasteiger partial charge in [-0.15, -0.1) is 0 Å². The molecule has 1 aromatic heterocycles. The van der Waals surface area contributed by atoms with E-state index in [0.29, 0.717) is 11.8 Å². The van der Waals surface area contributed by atoms with E-state index in [0.717, 1.165) is 53.9 Å². The Morgan fingerprint density at radius 2 is 2.12 bits per heavy atom. The van der Waals surface area contributed by atoms with E-state index in [1.54, 1.807) is 14.0 Å². The molecule has 2 N–H and O–H groups in total. The van der Waals surface area contributed by atoms with Gasteiger partial charge in [0.25, 0.3) is 0 Å². The van der Waals surface area contributed by atoms with Crippen LogP contribution in [0.5, 0.6) is 5.75 Å². The van der Waals surface area contributed by atoms with Crippen molar-refractivity contribution in [2.45, 2.75) is 84.5 Å². The van der Waals surface area contributed by atoms with Crippen LogP contribution < -0.4 is 10.1 Å². The highest BCUT2D eigenvalue weighted by atomic mass is 16.5. The van der Waals surface area contributed by atoms with E-state index in [2.05, 4.69) is 48.4 Å². The highest BCUT2D eigenvalue weighted by Crippen LogP contribution is 2.48. The second kappa shape index (κ2) is 8.89. The van der Waals surface area contributed by atoms with Gasteiger partial charge in [-0.1, -0.05) is 19.4 Å². The van der Waals surface area contributed by atoms with Crippen molar-refractivity contribution >= 4 is 5.91 Å². The topological polar surface area (TPSA) is 76.2 Å². The summed E-state index contributed by atoms with van der Waals surface area (Å²) >= 11 is 0. The van der Waals surface area contributed by atoms with Gasteiger partial charge >= 0.3 is 0 Å². The lowest BCUT2D eigenvalue weighted by molar-refractivity contribution is -0.153. The molecule has 1 saturated heterocycles. The first-order valence-corrected chi connectivity index (χ1v) is 11.8. The molecule has 1 amide bonds. The average Bonchev–Trinajstić information content (AvgIpc) is 3.04. The first-order valence-electron chi connectivity index (χ1n) is 11.8. The molecule has 4 rings (SSSR count). The Morgan fingerprint density at radius 3 is 2.78 bits per heavy atom. The molecule has 1 aliphatic heterocycles. The highest BCUT2D eigenvalue weighted by Gasteiger charge is 2.49. The van der Waals surface area contributed by atoms with Gasteiger partial charge in [-0.3, -0.25) is 9.89 Å². The minimum Gasteiger partial charge on any atom is -0.496 e. The third kappa shape index (κ3) is 4.42. The molecule has 1 saturated carbocycles. The summed E-state index contributed by atoms with van der Waals surface area (Å²) < 4.78 is 12.4. The van der Waals surface area contributed by atoms with E-state index in [9.17, 15) is 4.79 Å². The van der Waals surface area contributed by atoms with Crippen molar-refractivity contribution in [2.75, 3.05) is 7.11 Å². The van der Waals surface area contributed by atoms with Gasteiger partial charge in [0.1, 0.15) is 5.75 Å². The molecule has 2 heterocycles. The Hall–Kier alpha value is -2.34. The number of hydrogen-bond acceptors (Lipinski definition) is 4. The third-order valence-electron chi connectivity index (χ3n) is 7.61. The molecule has 1 aromatic carbocycles. The molecule has 0 radical (unpaired) electrons. The molecule has 0 spiro atoms. The van der Waals surface area contributed by atoms with E-state index in [4.69, 9.17) is 9.47 Å². The molecule has 0 bridgehead atoms. The first kappa shape index (κ1) is 22.8. The van der Waals surface area contributed by atoms with Gasteiger partial charge in [-0.25, -0.2) is 0 Å². The van der Waals surface area contributed by atoms with Gasteiger partial charge in [-0.2, -0.15) is 5.10 Å². The van der Waals surface area contributed by atoms with Crippen molar-refractivity contribution in [2.24, 2.45) is 11.8 Å². The third-order valence-corrected chi connectivity index (χ3v) is 7.61. The summed E-state index contributed by atoms with van der Waals surface area (Å²) in [5, 5.41) is 10.7. The predicted molar refractivity (Wildman–Crippen MR) is 125 cm³/mol. The summed E-state index contributed by atoms with van der Waals surface area (Å²) in [5.41, 5.74) is 5.31. The molecule has 6 nitrogen and oxygen atoms in total. The first-order chi connectivity index (χ1) is 15.2. The molecule has 6 heteroatoms. The number of carbonyl (C=O) groups is 1. The fourth-order valence-corrected chi connectivity index (χ4v) is 5.91. The molecule has 2 fully saturated rings. The second-order valence-electron chi connectivity index (χ2n) is 10.2. The van der Waals surface area contributed by atoms with Crippen LogP contribution >= 0.6 is 0 Å². The maximum absolute atomic E-state index is 12.1. The maximum atomic E-state index is 12.1. The zero-order valence-corrected chi connectivity index (χ0v) is 20.2. The predicted octanol–water partition coefficient (Wildman–Crippen LogP) is 4.79. The fraction of sp³-hybridized carbons (Fsp3) is 0.615. The minimum absolute atomic E-state index is 0.0341. The standard InChI is InChI=1S/C26H37N3O3/c1-15-7-9-22-24(11-15)32-25(14-26(22,5)27-18(4)30)19-8-10-23(31-6)20(12-19)13-21-16(2)28-29-17(21)3/h8,10,12,15,22,24-25H,7,9,11,13-14H2,1-6H3,(H,27,30)(H,28,29)/t15-,22-,24-,25-,26-/m1/s1. The number of carbonyl (C=O) groups excluding carboxylic acids is 1.